The fraction of sp³-hybridized carbons (Fsp3) is 0.571. The van der Waals surface area contributed by atoms with Crippen LogP contribution in [0.5, 0.6) is 5.75 Å². The number of quaternary nitrogens is 2. The average Bonchev–Trinajstić information content (AvgIpc) is 2.86. The number of likely N-dealkylation sites (N-methyl/N-ethyl adjacent to an activating group) is 2. The molecule has 0 aromatic heterocycles. The van der Waals surface area contributed by atoms with Crippen LogP contribution in [0.1, 0.15) is 41.5 Å². The molecule has 0 fully saturated rings. The van der Waals surface area contributed by atoms with Crippen molar-refractivity contribution in [3.05, 3.63) is 54.6 Å². The molecule has 0 atom stereocenters. The molecule has 0 unspecified atom stereocenters. The first-order chi connectivity index (χ1) is 15.5. The average molecular weight is 442 g/mol. The lowest BCUT2D eigenvalue weighted by molar-refractivity contribution is -0.923. The Balaban J connectivity index is 2.28. The lowest BCUT2D eigenvalue weighted by atomic mass is 10.2. The van der Waals surface area contributed by atoms with Crippen molar-refractivity contribution >= 4 is 11.4 Å². The third-order valence-electron chi connectivity index (χ3n) is 7.87. The van der Waals surface area contributed by atoms with Gasteiger partial charge in [-0.3, -0.25) is 0 Å². The Morgan fingerprint density at radius 2 is 1.12 bits per heavy atom. The van der Waals surface area contributed by atoms with Crippen LogP contribution in [0.4, 0.5) is 11.4 Å². The Hall–Kier alpha value is -2.04. The molecule has 2 rings (SSSR count). The molecular weight excluding hydrogens is 394 g/mol. The Bertz CT molecular complexity index is 753. The normalized spacial score (nSPS) is 12.1. The van der Waals surface area contributed by atoms with Gasteiger partial charge in [-0.05, 0) is 65.8 Å². The maximum absolute atomic E-state index is 6.45. The summed E-state index contributed by atoms with van der Waals surface area (Å²) in [6.07, 6.45) is 0. The highest BCUT2D eigenvalue weighted by Crippen LogP contribution is 2.34. The molecule has 0 amide bonds. The summed E-state index contributed by atoms with van der Waals surface area (Å²) in [5.74, 6) is 0.986. The smallest absolute Gasteiger partial charge is 0.143 e. The van der Waals surface area contributed by atoms with Crippen LogP contribution in [-0.2, 0) is 0 Å². The molecule has 0 radical (unpaired) electrons. The van der Waals surface area contributed by atoms with E-state index in [2.05, 4.69) is 101 Å². The van der Waals surface area contributed by atoms with Crippen LogP contribution >= 0.6 is 0 Å². The summed E-state index contributed by atoms with van der Waals surface area (Å²) in [6.45, 7) is 24.6. The van der Waals surface area contributed by atoms with Gasteiger partial charge in [-0.2, -0.15) is 0 Å². The summed E-state index contributed by atoms with van der Waals surface area (Å²) in [7, 11) is 0. The van der Waals surface area contributed by atoms with Crippen LogP contribution < -0.4 is 9.64 Å². The molecule has 2 aromatic carbocycles. The fourth-order valence-corrected chi connectivity index (χ4v) is 4.75. The minimum Gasteiger partial charge on any atom is -0.486 e. The number of rotatable bonds is 15. The molecule has 0 saturated carbocycles. The summed E-state index contributed by atoms with van der Waals surface area (Å²) >= 11 is 0. The van der Waals surface area contributed by atoms with Crippen molar-refractivity contribution in [1.29, 1.82) is 0 Å². The summed E-state index contributed by atoms with van der Waals surface area (Å²) in [5, 5.41) is 0. The van der Waals surface area contributed by atoms with Crippen LogP contribution in [0.2, 0.25) is 0 Å². The van der Waals surface area contributed by atoms with Gasteiger partial charge in [-0.15, -0.1) is 0 Å². The van der Waals surface area contributed by atoms with Crippen LogP contribution in [0.15, 0.2) is 54.6 Å². The highest BCUT2D eigenvalue weighted by molar-refractivity contribution is 5.69. The van der Waals surface area contributed by atoms with E-state index >= 15 is 0 Å². The van der Waals surface area contributed by atoms with Gasteiger partial charge in [0.25, 0.3) is 0 Å². The summed E-state index contributed by atoms with van der Waals surface area (Å²) in [4.78, 5) is 2.45. The highest BCUT2D eigenvalue weighted by Gasteiger charge is 2.25. The monoisotopic (exact) mass is 441 g/mol. The molecule has 0 aliphatic rings. The summed E-state index contributed by atoms with van der Waals surface area (Å²) < 4.78 is 8.69. The number of ether oxygens (including phenoxy) is 1. The van der Waals surface area contributed by atoms with Crippen LogP contribution in [0, 0.1) is 0 Å². The maximum atomic E-state index is 6.45. The van der Waals surface area contributed by atoms with Crippen molar-refractivity contribution < 1.29 is 13.7 Å². The number of benzene rings is 2. The number of nitrogens with zero attached hydrogens (tertiary/aromatic N) is 3. The molecule has 4 nitrogen and oxygen atoms in total. The van der Waals surface area contributed by atoms with E-state index in [4.69, 9.17) is 4.74 Å². The SMILES string of the molecule is CC[N+](CC)(CC)CCOc1ccccc1N(CC[N+](CC)(CC)CC)c1ccccc1. The lowest BCUT2D eigenvalue weighted by Gasteiger charge is -2.38. The maximum Gasteiger partial charge on any atom is 0.143 e. The predicted octanol–water partition coefficient (Wildman–Crippen LogP) is 5.96. The second-order valence-electron chi connectivity index (χ2n) is 8.83. The highest BCUT2D eigenvalue weighted by atomic mass is 16.5. The van der Waals surface area contributed by atoms with Gasteiger partial charge < -0.3 is 18.6 Å². The van der Waals surface area contributed by atoms with Crippen molar-refractivity contribution in [2.24, 2.45) is 0 Å². The van der Waals surface area contributed by atoms with Crippen molar-refractivity contribution in [1.82, 2.24) is 0 Å². The van der Waals surface area contributed by atoms with E-state index in [0.717, 1.165) is 60.6 Å². The van der Waals surface area contributed by atoms with E-state index in [1.165, 1.54) is 31.0 Å². The summed E-state index contributed by atoms with van der Waals surface area (Å²) in [6, 6.07) is 19.3. The quantitative estimate of drug-likeness (QED) is 0.316. The van der Waals surface area contributed by atoms with E-state index < -0.39 is 0 Å². The van der Waals surface area contributed by atoms with Crippen molar-refractivity contribution in [2.45, 2.75) is 41.5 Å². The van der Waals surface area contributed by atoms with E-state index in [1.54, 1.807) is 0 Å². The van der Waals surface area contributed by atoms with Gasteiger partial charge in [0.1, 0.15) is 18.9 Å². The van der Waals surface area contributed by atoms with Gasteiger partial charge in [-0.25, -0.2) is 0 Å². The van der Waals surface area contributed by atoms with Crippen molar-refractivity contribution in [3.8, 4) is 5.75 Å². The number of anilines is 2. The topological polar surface area (TPSA) is 12.5 Å². The molecule has 2 aromatic rings. The van der Waals surface area contributed by atoms with Crippen LogP contribution in [0.25, 0.3) is 0 Å². The van der Waals surface area contributed by atoms with Gasteiger partial charge >= 0.3 is 0 Å². The van der Waals surface area contributed by atoms with Gasteiger partial charge in [0.15, 0.2) is 0 Å². The molecule has 178 valence electrons. The van der Waals surface area contributed by atoms with Gasteiger partial charge in [-0.1, -0.05) is 30.3 Å². The molecule has 0 heterocycles. The fourth-order valence-electron chi connectivity index (χ4n) is 4.75. The zero-order valence-corrected chi connectivity index (χ0v) is 21.5. The zero-order valence-electron chi connectivity index (χ0n) is 21.5. The van der Waals surface area contributed by atoms with Gasteiger partial charge in [0.2, 0.25) is 0 Å². The van der Waals surface area contributed by atoms with Crippen molar-refractivity contribution in [2.75, 3.05) is 70.4 Å². The van der Waals surface area contributed by atoms with Crippen molar-refractivity contribution in [3.63, 3.8) is 0 Å². The molecule has 0 spiro atoms. The third-order valence-corrected chi connectivity index (χ3v) is 7.87. The Labute approximate surface area is 197 Å². The molecule has 0 N–H and O–H groups in total. The van der Waals surface area contributed by atoms with E-state index in [0.29, 0.717) is 0 Å². The summed E-state index contributed by atoms with van der Waals surface area (Å²) in [5.41, 5.74) is 2.40. The second kappa shape index (κ2) is 12.9. The van der Waals surface area contributed by atoms with E-state index in [-0.39, 0.29) is 0 Å². The number of hydrogen-bond donors (Lipinski definition) is 0. The largest absolute Gasteiger partial charge is 0.486 e. The predicted molar refractivity (Wildman–Crippen MR) is 139 cm³/mol. The molecule has 0 aliphatic carbocycles. The van der Waals surface area contributed by atoms with E-state index in [9.17, 15) is 0 Å². The minimum atomic E-state index is 0.744. The Morgan fingerprint density at radius 1 is 0.625 bits per heavy atom. The zero-order chi connectivity index (χ0) is 23.5. The molecular formula is C28H47N3O+2. The lowest BCUT2D eigenvalue weighted by Crippen LogP contribution is -2.51. The molecule has 0 aliphatic heterocycles. The Kier molecular flexibility index (Phi) is 10.5. The molecule has 32 heavy (non-hydrogen) atoms. The van der Waals surface area contributed by atoms with Crippen LogP contribution in [0.3, 0.4) is 0 Å². The van der Waals surface area contributed by atoms with E-state index in [1.807, 2.05) is 0 Å². The molecule has 0 bridgehead atoms. The molecule has 0 saturated heterocycles. The van der Waals surface area contributed by atoms with Gasteiger partial charge in [0, 0.05) is 5.69 Å². The first-order valence-electron chi connectivity index (χ1n) is 12.8. The standard InChI is InChI=1S/C28H47N3O/c1-7-30(8-2,9-3)23-22-29(26-18-14-13-15-19-26)27-20-16-17-21-28(27)32-25-24-31(10-4,11-5)12-6/h13-21H,7-12,22-25H2,1-6H3/q+2. The molecule has 4 heteroatoms. The third kappa shape index (κ3) is 6.49. The first kappa shape index (κ1) is 26.2. The van der Waals surface area contributed by atoms with Gasteiger partial charge in [0.05, 0.1) is 58.0 Å². The first-order valence-corrected chi connectivity index (χ1v) is 12.8. The van der Waals surface area contributed by atoms with Crippen LogP contribution in [-0.4, -0.2) is 74.5 Å². The number of para-hydroxylation sites is 3. The minimum absolute atomic E-state index is 0.744. The number of hydrogen-bond acceptors (Lipinski definition) is 2. The second-order valence-corrected chi connectivity index (χ2v) is 8.83. The Morgan fingerprint density at radius 3 is 1.69 bits per heavy atom.